The number of hydrogen-bond donors (Lipinski definition) is 3. The second-order valence-electron chi connectivity index (χ2n) is 10.2. The smallest absolute Gasteiger partial charge is 0.237 e. The maximum Gasteiger partial charge on any atom is 0.237 e. The highest BCUT2D eigenvalue weighted by molar-refractivity contribution is 5.83. The summed E-state index contributed by atoms with van der Waals surface area (Å²) < 4.78 is 0. The lowest BCUT2D eigenvalue weighted by molar-refractivity contribution is -0.123. The van der Waals surface area contributed by atoms with Gasteiger partial charge in [-0.15, -0.1) is 0 Å². The van der Waals surface area contributed by atoms with Gasteiger partial charge >= 0.3 is 0 Å². The maximum atomic E-state index is 13.2. The Morgan fingerprint density at radius 1 is 1.09 bits per heavy atom. The lowest BCUT2D eigenvalue weighted by Crippen LogP contribution is -2.46. The number of nitrogens with zero attached hydrogens (tertiary/aromatic N) is 1. The number of hydrogen-bond acceptors (Lipinski definition) is 4. The van der Waals surface area contributed by atoms with E-state index in [0.717, 1.165) is 49.0 Å². The van der Waals surface area contributed by atoms with Crippen molar-refractivity contribution in [2.45, 2.75) is 58.0 Å². The minimum absolute atomic E-state index is 0.0330. The number of carbonyl (C=O) groups excluding carboxylic acids is 1. The van der Waals surface area contributed by atoms with Gasteiger partial charge in [0.15, 0.2) is 0 Å². The average molecular weight is 470 g/mol. The van der Waals surface area contributed by atoms with Crippen molar-refractivity contribution < 1.29 is 9.90 Å². The molecule has 35 heavy (non-hydrogen) atoms. The number of phenols is 1. The summed E-state index contributed by atoms with van der Waals surface area (Å²) in [6, 6.07) is 18.0. The first-order valence-corrected chi connectivity index (χ1v) is 12.7. The van der Waals surface area contributed by atoms with Gasteiger partial charge in [0.1, 0.15) is 5.75 Å². The SMILES string of the molecule is Cc1cc(O)cc(C)c1C[C@H](N)C(=O)N[C@@H]1CCN2CCCc3cc(Cc4ccccc4)cc1c32. The summed E-state index contributed by atoms with van der Waals surface area (Å²) in [5, 5.41) is 13.1. The highest BCUT2D eigenvalue weighted by atomic mass is 16.3. The van der Waals surface area contributed by atoms with Crippen molar-refractivity contribution in [3.63, 3.8) is 0 Å². The van der Waals surface area contributed by atoms with Crippen molar-refractivity contribution >= 4 is 11.6 Å². The number of benzene rings is 3. The Balaban J connectivity index is 1.38. The number of nitrogens with two attached hydrogens (primary N) is 1. The molecule has 0 saturated heterocycles. The predicted octanol–water partition coefficient (Wildman–Crippen LogP) is 4.48. The highest BCUT2D eigenvalue weighted by Crippen LogP contribution is 2.41. The first kappa shape index (κ1) is 23.4. The first-order valence-electron chi connectivity index (χ1n) is 12.7. The molecule has 5 nitrogen and oxygen atoms in total. The van der Waals surface area contributed by atoms with Crippen LogP contribution < -0.4 is 16.0 Å². The molecule has 3 aromatic rings. The van der Waals surface area contributed by atoms with Crippen LogP contribution >= 0.6 is 0 Å². The van der Waals surface area contributed by atoms with Crippen molar-refractivity contribution in [3.05, 3.63) is 93.5 Å². The molecular weight excluding hydrogens is 434 g/mol. The number of rotatable bonds is 6. The summed E-state index contributed by atoms with van der Waals surface area (Å²) in [4.78, 5) is 15.7. The van der Waals surface area contributed by atoms with Gasteiger partial charge < -0.3 is 21.1 Å². The Kier molecular flexibility index (Phi) is 6.52. The molecule has 1 amide bonds. The molecular formula is C30H35N3O2. The topological polar surface area (TPSA) is 78.6 Å². The maximum absolute atomic E-state index is 13.2. The van der Waals surface area contributed by atoms with Crippen LogP contribution in [0.2, 0.25) is 0 Å². The standard InChI is InChI=1S/C30H35N3O2/c1-19-13-24(34)14-20(2)25(19)18-27(31)30(35)32-28-10-12-33-11-6-9-23-16-22(17-26(28)29(23)33)15-21-7-4-3-5-8-21/h3-5,7-8,13-14,16-17,27-28,34H,6,9-12,15,18,31H2,1-2H3,(H,32,35)/t27-,28+/m0/s1. The van der Waals surface area contributed by atoms with Crippen LogP contribution in [-0.2, 0) is 24.1 Å². The van der Waals surface area contributed by atoms with E-state index in [2.05, 4.69) is 46.6 Å². The fourth-order valence-corrected chi connectivity index (χ4v) is 5.83. The molecule has 2 atom stereocenters. The van der Waals surface area contributed by atoms with E-state index in [1.54, 1.807) is 12.1 Å². The second-order valence-corrected chi connectivity index (χ2v) is 10.2. The number of anilines is 1. The molecule has 0 aromatic heterocycles. The third-order valence-electron chi connectivity index (χ3n) is 7.54. The second kappa shape index (κ2) is 9.74. The number of aryl methyl sites for hydroxylation is 3. The molecule has 0 saturated carbocycles. The van der Waals surface area contributed by atoms with Crippen LogP contribution in [0, 0.1) is 13.8 Å². The summed E-state index contributed by atoms with van der Waals surface area (Å²) >= 11 is 0. The number of nitrogens with one attached hydrogen (secondary N) is 1. The quantitative estimate of drug-likeness (QED) is 0.497. The Bertz CT molecular complexity index is 1210. The van der Waals surface area contributed by atoms with Crippen LogP contribution in [0.1, 0.15) is 57.8 Å². The summed E-state index contributed by atoms with van der Waals surface area (Å²) in [6.45, 7) is 5.94. The Labute approximate surface area is 208 Å². The van der Waals surface area contributed by atoms with E-state index in [1.165, 1.54) is 34.4 Å². The van der Waals surface area contributed by atoms with Crippen molar-refractivity contribution in [2.75, 3.05) is 18.0 Å². The average Bonchev–Trinajstić information content (AvgIpc) is 2.83. The zero-order valence-electron chi connectivity index (χ0n) is 20.7. The van der Waals surface area contributed by atoms with Crippen LogP contribution in [0.5, 0.6) is 5.75 Å². The molecule has 0 radical (unpaired) electrons. The molecule has 0 aliphatic carbocycles. The van der Waals surface area contributed by atoms with Crippen molar-refractivity contribution in [1.29, 1.82) is 0 Å². The van der Waals surface area contributed by atoms with Crippen molar-refractivity contribution in [2.24, 2.45) is 5.73 Å². The van der Waals surface area contributed by atoms with Gasteiger partial charge in [-0.1, -0.05) is 42.5 Å². The lowest BCUT2D eigenvalue weighted by atomic mass is 9.86. The highest BCUT2D eigenvalue weighted by Gasteiger charge is 2.32. The summed E-state index contributed by atoms with van der Waals surface area (Å²) in [7, 11) is 0. The van der Waals surface area contributed by atoms with Crippen LogP contribution in [0.15, 0.2) is 54.6 Å². The van der Waals surface area contributed by atoms with E-state index in [-0.39, 0.29) is 17.7 Å². The normalized spacial score (nSPS) is 17.6. The molecule has 2 aliphatic heterocycles. The van der Waals surface area contributed by atoms with E-state index < -0.39 is 6.04 Å². The monoisotopic (exact) mass is 469 g/mol. The van der Waals surface area contributed by atoms with Gasteiger partial charge in [-0.05, 0) is 97.0 Å². The molecule has 0 unspecified atom stereocenters. The van der Waals surface area contributed by atoms with Gasteiger partial charge in [-0.25, -0.2) is 0 Å². The Hall–Kier alpha value is -3.31. The van der Waals surface area contributed by atoms with E-state index >= 15 is 0 Å². The predicted molar refractivity (Wildman–Crippen MR) is 141 cm³/mol. The molecule has 0 bridgehead atoms. The van der Waals surface area contributed by atoms with E-state index in [4.69, 9.17) is 5.73 Å². The number of phenolic OH excluding ortho intramolecular Hbond substituents is 1. The third kappa shape index (κ3) is 4.92. The molecule has 182 valence electrons. The van der Waals surface area contributed by atoms with Gasteiger partial charge in [-0.3, -0.25) is 4.79 Å². The first-order chi connectivity index (χ1) is 16.9. The number of amides is 1. The van der Waals surface area contributed by atoms with Crippen LogP contribution in [0.25, 0.3) is 0 Å². The van der Waals surface area contributed by atoms with E-state index in [1.807, 2.05) is 19.9 Å². The summed E-state index contributed by atoms with van der Waals surface area (Å²) in [6.07, 6.45) is 4.49. The summed E-state index contributed by atoms with van der Waals surface area (Å²) in [5.74, 6) is 0.127. The molecule has 2 heterocycles. The summed E-state index contributed by atoms with van der Waals surface area (Å²) in [5.41, 5.74) is 15.9. The minimum Gasteiger partial charge on any atom is -0.508 e. The van der Waals surface area contributed by atoms with Crippen LogP contribution in [0.4, 0.5) is 5.69 Å². The Morgan fingerprint density at radius 2 is 1.83 bits per heavy atom. The van der Waals surface area contributed by atoms with Gasteiger partial charge in [0.25, 0.3) is 0 Å². The van der Waals surface area contributed by atoms with Gasteiger partial charge in [-0.2, -0.15) is 0 Å². The fourth-order valence-electron chi connectivity index (χ4n) is 5.83. The molecule has 5 rings (SSSR count). The van der Waals surface area contributed by atoms with E-state index in [9.17, 15) is 9.90 Å². The van der Waals surface area contributed by atoms with Crippen molar-refractivity contribution in [3.8, 4) is 5.75 Å². The molecule has 0 spiro atoms. The largest absolute Gasteiger partial charge is 0.508 e. The Morgan fingerprint density at radius 3 is 2.57 bits per heavy atom. The minimum atomic E-state index is -0.640. The van der Waals surface area contributed by atoms with Gasteiger partial charge in [0.05, 0.1) is 12.1 Å². The number of aromatic hydroxyl groups is 1. The van der Waals surface area contributed by atoms with Gasteiger partial charge in [0, 0.05) is 18.8 Å². The molecule has 0 fully saturated rings. The lowest BCUT2D eigenvalue weighted by Gasteiger charge is -2.41. The molecule has 4 N–H and O–H groups in total. The number of carbonyl (C=O) groups is 1. The molecule has 3 aromatic carbocycles. The fraction of sp³-hybridized carbons (Fsp3) is 0.367. The molecule has 5 heteroatoms. The molecule has 2 aliphatic rings. The third-order valence-corrected chi connectivity index (χ3v) is 7.54. The zero-order valence-corrected chi connectivity index (χ0v) is 20.7. The van der Waals surface area contributed by atoms with Gasteiger partial charge in [0.2, 0.25) is 5.91 Å². The van der Waals surface area contributed by atoms with Crippen LogP contribution in [-0.4, -0.2) is 30.1 Å². The van der Waals surface area contributed by atoms with E-state index in [0.29, 0.717) is 6.42 Å². The zero-order chi connectivity index (χ0) is 24.5. The van der Waals surface area contributed by atoms with Crippen molar-refractivity contribution in [1.82, 2.24) is 5.32 Å². The van der Waals surface area contributed by atoms with Crippen LogP contribution in [0.3, 0.4) is 0 Å².